The van der Waals surface area contributed by atoms with Gasteiger partial charge in [0, 0.05) is 69.5 Å². The smallest absolute Gasteiger partial charge is 0.409 e. The van der Waals surface area contributed by atoms with Gasteiger partial charge >= 0.3 is 6.09 Å². The van der Waals surface area contributed by atoms with E-state index in [-0.39, 0.29) is 6.09 Å². The van der Waals surface area contributed by atoms with Gasteiger partial charge < -0.3 is 14.5 Å². The fourth-order valence-corrected chi connectivity index (χ4v) is 5.61. The number of thiazole rings is 1. The van der Waals surface area contributed by atoms with Crippen LogP contribution in [0.3, 0.4) is 0 Å². The Morgan fingerprint density at radius 3 is 2.68 bits per heavy atom. The fraction of sp³-hybridized carbons (Fsp3) is 0.800. The lowest BCUT2D eigenvalue weighted by Crippen LogP contribution is -2.55. The Labute approximate surface area is 172 Å². The molecule has 1 amide bonds. The van der Waals surface area contributed by atoms with Gasteiger partial charge in [-0.15, -0.1) is 11.3 Å². The molecule has 3 fully saturated rings. The molecular weight excluding hydrogens is 374 g/mol. The molecule has 3 aliphatic heterocycles. The molecule has 4 heterocycles. The van der Waals surface area contributed by atoms with E-state index in [1.54, 1.807) is 0 Å². The van der Waals surface area contributed by atoms with E-state index in [1.165, 1.54) is 42.2 Å². The van der Waals surface area contributed by atoms with Gasteiger partial charge in [0.05, 0.1) is 6.61 Å². The molecule has 3 aliphatic rings. The number of aromatic nitrogens is 1. The highest BCUT2D eigenvalue weighted by molar-refractivity contribution is 7.15. The first-order chi connectivity index (χ1) is 13.7. The molecule has 0 spiro atoms. The molecule has 0 saturated carbocycles. The third-order valence-corrected chi connectivity index (χ3v) is 7.18. The van der Waals surface area contributed by atoms with Crippen LogP contribution in [-0.2, 0) is 11.3 Å². The van der Waals surface area contributed by atoms with Crippen LogP contribution in [0.2, 0.25) is 0 Å². The minimum atomic E-state index is -0.161. The standard InChI is InChI=1S/C20H33N5O2S/c1-2-27-20(26)25-12-10-23(11-13-25)17-6-5-7-22(15-17)16-18-14-21-19(28-18)24-8-3-4-9-24/h14,17H,2-13,15-16H2,1H3. The minimum Gasteiger partial charge on any atom is -0.450 e. The zero-order valence-electron chi connectivity index (χ0n) is 17.0. The van der Waals surface area contributed by atoms with Crippen LogP contribution in [0.25, 0.3) is 0 Å². The van der Waals surface area contributed by atoms with E-state index in [9.17, 15) is 4.79 Å². The van der Waals surface area contributed by atoms with Crippen LogP contribution >= 0.6 is 11.3 Å². The van der Waals surface area contributed by atoms with Crippen LogP contribution in [0.5, 0.6) is 0 Å². The van der Waals surface area contributed by atoms with Crippen molar-refractivity contribution in [2.24, 2.45) is 0 Å². The van der Waals surface area contributed by atoms with E-state index in [0.717, 1.165) is 52.4 Å². The van der Waals surface area contributed by atoms with Crippen LogP contribution in [-0.4, -0.2) is 90.8 Å². The summed E-state index contributed by atoms with van der Waals surface area (Å²) in [6, 6.07) is 0.601. The summed E-state index contributed by atoms with van der Waals surface area (Å²) in [5.41, 5.74) is 0. The Balaban J connectivity index is 1.26. The SMILES string of the molecule is CCOC(=O)N1CCN(C2CCCN(Cc3cnc(N4CCCC4)s3)C2)CC1. The predicted molar refractivity (Wildman–Crippen MR) is 112 cm³/mol. The Kier molecular flexibility index (Phi) is 6.69. The molecule has 156 valence electrons. The van der Waals surface area contributed by atoms with E-state index in [0.29, 0.717) is 12.6 Å². The summed E-state index contributed by atoms with van der Waals surface area (Å²) in [5, 5.41) is 1.20. The molecule has 3 saturated heterocycles. The van der Waals surface area contributed by atoms with Crippen molar-refractivity contribution in [1.29, 1.82) is 0 Å². The summed E-state index contributed by atoms with van der Waals surface area (Å²) in [5.74, 6) is 0. The number of ether oxygens (including phenoxy) is 1. The van der Waals surface area contributed by atoms with Crippen molar-refractivity contribution in [2.75, 3.05) is 63.9 Å². The number of nitrogens with zero attached hydrogens (tertiary/aromatic N) is 5. The number of likely N-dealkylation sites (tertiary alicyclic amines) is 1. The average molecular weight is 408 g/mol. The van der Waals surface area contributed by atoms with Gasteiger partial charge in [0.2, 0.25) is 0 Å². The summed E-state index contributed by atoms with van der Waals surface area (Å²) >= 11 is 1.87. The summed E-state index contributed by atoms with van der Waals surface area (Å²) in [6.45, 7) is 11.4. The number of carbonyl (C=O) groups is 1. The summed E-state index contributed by atoms with van der Waals surface area (Å²) in [7, 11) is 0. The quantitative estimate of drug-likeness (QED) is 0.748. The number of anilines is 1. The van der Waals surface area contributed by atoms with E-state index < -0.39 is 0 Å². The third kappa shape index (κ3) is 4.78. The van der Waals surface area contributed by atoms with Crippen LogP contribution in [0.4, 0.5) is 9.93 Å². The van der Waals surface area contributed by atoms with Gasteiger partial charge in [-0.3, -0.25) is 9.80 Å². The van der Waals surface area contributed by atoms with E-state index in [1.807, 2.05) is 23.2 Å². The molecule has 0 aromatic carbocycles. The normalized spacial score (nSPS) is 24.7. The highest BCUT2D eigenvalue weighted by atomic mass is 32.1. The van der Waals surface area contributed by atoms with Gasteiger partial charge in [0.25, 0.3) is 0 Å². The van der Waals surface area contributed by atoms with Crippen LogP contribution in [0.15, 0.2) is 6.20 Å². The molecule has 0 N–H and O–H groups in total. The van der Waals surface area contributed by atoms with Crippen molar-refractivity contribution in [2.45, 2.75) is 45.2 Å². The fourth-order valence-electron chi connectivity index (χ4n) is 4.60. The molecule has 4 rings (SSSR count). The predicted octanol–water partition coefficient (Wildman–Crippen LogP) is 2.48. The lowest BCUT2D eigenvalue weighted by atomic mass is 10.0. The number of rotatable bonds is 5. The number of piperidine rings is 1. The van der Waals surface area contributed by atoms with Crippen molar-refractivity contribution in [3.8, 4) is 0 Å². The van der Waals surface area contributed by atoms with Crippen LogP contribution in [0.1, 0.15) is 37.5 Å². The Morgan fingerprint density at radius 2 is 1.93 bits per heavy atom. The molecule has 0 bridgehead atoms. The molecular formula is C20H33N5O2S. The molecule has 1 aromatic heterocycles. The monoisotopic (exact) mass is 407 g/mol. The van der Waals surface area contributed by atoms with Crippen LogP contribution in [0, 0.1) is 0 Å². The molecule has 1 unspecified atom stereocenters. The molecule has 1 aromatic rings. The number of piperazine rings is 1. The topological polar surface area (TPSA) is 52.2 Å². The highest BCUT2D eigenvalue weighted by Gasteiger charge is 2.30. The third-order valence-electron chi connectivity index (χ3n) is 6.13. The summed E-state index contributed by atoms with van der Waals surface area (Å²) in [4.78, 5) is 27.4. The van der Waals surface area contributed by atoms with E-state index in [4.69, 9.17) is 4.74 Å². The van der Waals surface area contributed by atoms with Crippen LogP contribution < -0.4 is 4.90 Å². The van der Waals surface area contributed by atoms with Gasteiger partial charge in [-0.1, -0.05) is 0 Å². The number of hydrogen-bond acceptors (Lipinski definition) is 7. The highest BCUT2D eigenvalue weighted by Crippen LogP contribution is 2.28. The molecule has 0 aliphatic carbocycles. The second-order valence-corrected chi connectivity index (χ2v) is 9.15. The van der Waals surface area contributed by atoms with Gasteiger partial charge in [-0.25, -0.2) is 9.78 Å². The van der Waals surface area contributed by atoms with Crippen molar-refractivity contribution in [3.63, 3.8) is 0 Å². The van der Waals surface area contributed by atoms with Crippen molar-refractivity contribution in [1.82, 2.24) is 19.7 Å². The van der Waals surface area contributed by atoms with E-state index >= 15 is 0 Å². The molecule has 0 radical (unpaired) electrons. The van der Waals surface area contributed by atoms with Crippen molar-refractivity contribution in [3.05, 3.63) is 11.1 Å². The maximum Gasteiger partial charge on any atom is 0.409 e. The second-order valence-electron chi connectivity index (χ2n) is 8.06. The first kappa shape index (κ1) is 19.9. The lowest BCUT2D eigenvalue weighted by molar-refractivity contribution is 0.0414. The maximum atomic E-state index is 11.9. The lowest BCUT2D eigenvalue weighted by Gasteiger charge is -2.43. The summed E-state index contributed by atoms with van der Waals surface area (Å²) < 4.78 is 5.14. The van der Waals surface area contributed by atoms with Gasteiger partial charge in [-0.05, 0) is 39.2 Å². The van der Waals surface area contributed by atoms with Crippen molar-refractivity contribution < 1.29 is 9.53 Å². The average Bonchev–Trinajstić information content (AvgIpc) is 3.40. The number of amides is 1. The molecule has 28 heavy (non-hydrogen) atoms. The van der Waals surface area contributed by atoms with Crippen molar-refractivity contribution >= 4 is 22.6 Å². The number of hydrogen-bond donors (Lipinski definition) is 0. The molecule has 1 atom stereocenters. The maximum absolute atomic E-state index is 11.9. The van der Waals surface area contributed by atoms with Gasteiger partial charge in [0.15, 0.2) is 5.13 Å². The molecule has 8 heteroatoms. The second kappa shape index (κ2) is 9.41. The number of carbonyl (C=O) groups excluding carboxylic acids is 1. The largest absolute Gasteiger partial charge is 0.450 e. The van der Waals surface area contributed by atoms with Gasteiger partial charge in [-0.2, -0.15) is 0 Å². The zero-order valence-corrected chi connectivity index (χ0v) is 17.8. The zero-order chi connectivity index (χ0) is 19.3. The Bertz CT molecular complexity index is 640. The first-order valence-corrected chi connectivity index (χ1v) is 11.6. The first-order valence-electron chi connectivity index (χ1n) is 10.8. The molecule has 7 nitrogen and oxygen atoms in total. The Hall–Kier alpha value is -1.38. The minimum absolute atomic E-state index is 0.161. The summed E-state index contributed by atoms with van der Waals surface area (Å²) in [6.07, 6.45) is 7.03. The van der Waals surface area contributed by atoms with Gasteiger partial charge in [0.1, 0.15) is 0 Å². The Morgan fingerprint density at radius 1 is 1.14 bits per heavy atom. The van der Waals surface area contributed by atoms with E-state index in [2.05, 4.69) is 25.9 Å².